The second-order valence-corrected chi connectivity index (χ2v) is 9.57. The largest absolute Gasteiger partial charge is 0.383 e. The van der Waals surface area contributed by atoms with Crippen molar-refractivity contribution in [2.24, 2.45) is 5.92 Å². The molecule has 0 bridgehead atoms. The molecule has 4 rings (SSSR count). The maximum Gasteiger partial charge on any atom is 0.313 e. The van der Waals surface area contributed by atoms with E-state index >= 15 is 0 Å². The second kappa shape index (κ2) is 9.59. The van der Waals surface area contributed by atoms with Gasteiger partial charge in [-0.15, -0.1) is 0 Å². The van der Waals surface area contributed by atoms with E-state index in [-0.39, 0.29) is 31.0 Å². The summed E-state index contributed by atoms with van der Waals surface area (Å²) in [6.45, 7) is 5.43. The van der Waals surface area contributed by atoms with Gasteiger partial charge in [0, 0.05) is 25.0 Å². The number of nitrogens with two attached hydrogens (primary N) is 1. The molecule has 2 heterocycles. The number of nitrogens with one attached hydrogen (secondary N) is 1. The molecule has 1 saturated carbocycles. The molecule has 35 heavy (non-hydrogen) atoms. The topological polar surface area (TPSA) is 109 Å². The summed E-state index contributed by atoms with van der Waals surface area (Å²) in [6.07, 6.45) is 3.38. The molecule has 0 unspecified atom stereocenters. The van der Waals surface area contributed by atoms with Crippen LogP contribution in [-0.2, 0) is 14.4 Å². The number of aromatic nitrogens is 1. The van der Waals surface area contributed by atoms with Crippen LogP contribution in [0.1, 0.15) is 56.7 Å². The molecule has 2 fully saturated rings. The number of anilines is 2. The average molecular weight is 486 g/mol. The van der Waals surface area contributed by atoms with Crippen molar-refractivity contribution in [1.29, 1.82) is 0 Å². The Hall–Kier alpha value is -3.56. The van der Waals surface area contributed by atoms with E-state index in [9.17, 15) is 23.2 Å². The molecule has 1 aromatic carbocycles. The van der Waals surface area contributed by atoms with Gasteiger partial charge in [-0.1, -0.05) is 19.9 Å². The summed E-state index contributed by atoms with van der Waals surface area (Å²) in [5.74, 6) is -3.52. The molecule has 0 radical (unpaired) electrons. The number of halogens is 2. The third-order valence-corrected chi connectivity index (χ3v) is 6.52. The number of rotatable bonds is 4. The number of pyridine rings is 1. The molecule has 2 aromatic rings. The van der Waals surface area contributed by atoms with E-state index in [2.05, 4.69) is 10.3 Å². The molecule has 3 N–H and O–H groups in total. The average Bonchev–Trinajstić information content (AvgIpc) is 3.66. The summed E-state index contributed by atoms with van der Waals surface area (Å²) in [7, 11) is 0. The number of nitrogens with zero attached hydrogens (tertiary/aromatic N) is 3. The summed E-state index contributed by atoms with van der Waals surface area (Å²) < 4.78 is 27.6. The highest BCUT2D eigenvalue weighted by molar-refractivity contribution is 6.39. The molecular formula is C25H29F2N5O3. The highest BCUT2D eigenvalue weighted by Crippen LogP contribution is 2.42. The normalized spacial score (nSPS) is 20.2. The van der Waals surface area contributed by atoms with E-state index < -0.39 is 29.5 Å². The van der Waals surface area contributed by atoms with Gasteiger partial charge in [0.1, 0.15) is 5.82 Å². The van der Waals surface area contributed by atoms with Gasteiger partial charge in [-0.25, -0.2) is 13.8 Å². The Morgan fingerprint density at radius 2 is 1.80 bits per heavy atom. The van der Waals surface area contributed by atoms with Gasteiger partial charge in [0.15, 0.2) is 11.6 Å². The number of piperazine rings is 1. The molecule has 8 nitrogen and oxygen atoms in total. The highest BCUT2D eigenvalue weighted by atomic mass is 19.2. The second-order valence-electron chi connectivity index (χ2n) is 9.57. The van der Waals surface area contributed by atoms with Crippen LogP contribution in [0.15, 0.2) is 30.5 Å². The fourth-order valence-corrected chi connectivity index (χ4v) is 4.44. The molecule has 1 saturated heterocycles. The number of hydrogen-bond donors (Lipinski definition) is 2. The third-order valence-electron chi connectivity index (χ3n) is 6.52. The van der Waals surface area contributed by atoms with Gasteiger partial charge in [0.2, 0.25) is 5.91 Å². The van der Waals surface area contributed by atoms with Gasteiger partial charge in [-0.3, -0.25) is 14.4 Å². The molecule has 1 aromatic heterocycles. The number of carbonyl (C=O) groups excluding carboxylic acids is 3. The lowest BCUT2D eigenvalue weighted by atomic mass is 9.97. The SMILES string of the molecule is CC(C)C(=O)N1C[C@H](c2ccc(F)c(F)c2)N(C(=O)C(=O)Nc2cnc(N)c(C3CC3)c2)C[C@H]1C. The highest BCUT2D eigenvalue weighted by Gasteiger charge is 2.40. The van der Waals surface area contributed by atoms with Crippen molar-refractivity contribution in [1.82, 2.24) is 14.8 Å². The van der Waals surface area contributed by atoms with E-state index in [4.69, 9.17) is 5.73 Å². The minimum absolute atomic E-state index is 0.0531. The van der Waals surface area contributed by atoms with Crippen molar-refractivity contribution in [2.75, 3.05) is 24.1 Å². The van der Waals surface area contributed by atoms with Crippen LogP contribution in [0.3, 0.4) is 0 Å². The van der Waals surface area contributed by atoms with Crippen LogP contribution in [-0.4, -0.2) is 51.6 Å². The predicted molar refractivity (Wildman–Crippen MR) is 126 cm³/mol. The lowest BCUT2D eigenvalue weighted by Crippen LogP contribution is -2.59. The van der Waals surface area contributed by atoms with Crippen LogP contribution in [0.5, 0.6) is 0 Å². The fourth-order valence-electron chi connectivity index (χ4n) is 4.44. The van der Waals surface area contributed by atoms with E-state index in [0.29, 0.717) is 23.0 Å². The zero-order valence-corrected chi connectivity index (χ0v) is 19.9. The molecule has 1 aliphatic heterocycles. The molecule has 186 valence electrons. The van der Waals surface area contributed by atoms with Crippen LogP contribution in [0.2, 0.25) is 0 Å². The molecule has 2 aliphatic rings. The Bertz CT molecular complexity index is 1170. The summed E-state index contributed by atoms with van der Waals surface area (Å²) in [6, 6.07) is 3.86. The standard InChI is InChI=1S/C25H29F2N5O3/c1-13(2)24(34)31-12-21(16-6-7-19(26)20(27)8-16)32(11-14(31)3)25(35)23(33)30-17-9-18(15-4-5-15)22(28)29-10-17/h6-10,13-15,21H,4-5,11-12H2,1-3H3,(H2,28,29)(H,30,33)/t14-,21-/m1/s1. The monoisotopic (exact) mass is 485 g/mol. The first-order chi connectivity index (χ1) is 16.6. The van der Waals surface area contributed by atoms with Crippen molar-refractivity contribution in [3.05, 3.63) is 53.2 Å². The Labute approximate surface area is 202 Å². The van der Waals surface area contributed by atoms with E-state index in [1.165, 1.54) is 17.2 Å². The number of hydrogen-bond acceptors (Lipinski definition) is 5. The van der Waals surface area contributed by atoms with Crippen LogP contribution in [0.4, 0.5) is 20.3 Å². The van der Waals surface area contributed by atoms with Crippen molar-refractivity contribution in [3.63, 3.8) is 0 Å². The van der Waals surface area contributed by atoms with Gasteiger partial charge < -0.3 is 20.9 Å². The number of nitrogen functional groups attached to an aromatic ring is 1. The number of benzene rings is 1. The molecule has 1 aliphatic carbocycles. The van der Waals surface area contributed by atoms with E-state index in [1.54, 1.807) is 31.7 Å². The van der Waals surface area contributed by atoms with Crippen molar-refractivity contribution < 1.29 is 23.2 Å². The van der Waals surface area contributed by atoms with E-state index in [1.807, 2.05) is 0 Å². The molecule has 3 amide bonds. The summed E-state index contributed by atoms with van der Waals surface area (Å²) in [5.41, 5.74) is 7.41. The van der Waals surface area contributed by atoms with E-state index in [0.717, 1.165) is 30.5 Å². The number of amides is 3. The van der Waals surface area contributed by atoms with Crippen LogP contribution < -0.4 is 11.1 Å². The first kappa shape index (κ1) is 24.6. The van der Waals surface area contributed by atoms with Crippen LogP contribution in [0.25, 0.3) is 0 Å². The van der Waals surface area contributed by atoms with Gasteiger partial charge in [-0.2, -0.15) is 0 Å². The fraction of sp³-hybridized carbons (Fsp3) is 0.440. The Balaban J connectivity index is 1.60. The zero-order chi connectivity index (χ0) is 25.4. The first-order valence-electron chi connectivity index (χ1n) is 11.7. The zero-order valence-electron chi connectivity index (χ0n) is 19.9. The lowest BCUT2D eigenvalue weighted by Gasteiger charge is -2.45. The van der Waals surface area contributed by atoms with Gasteiger partial charge in [-0.05, 0) is 55.0 Å². The van der Waals surface area contributed by atoms with Crippen molar-refractivity contribution >= 4 is 29.2 Å². The van der Waals surface area contributed by atoms with Crippen molar-refractivity contribution in [3.8, 4) is 0 Å². The molecule has 0 spiro atoms. The third kappa shape index (κ3) is 5.11. The van der Waals surface area contributed by atoms with Crippen LogP contribution in [0, 0.1) is 17.6 Å². The van der Waals surface area contributed by atoms with Gasteiger partial charge in [0.25, 0.3) is 0 Å². The van der Waals surface area contributed by atoms with Crippen LogP contribution >= 0.6 is 0 Å². The maximum absolute atomic E-state index is 14.1. The quantitative estimate of drug-likeness (QED) is 0.647. The Kier molecular flexibility index (Phi) is 6.73. The van der Waals surface area contributed by atoms with Gasteiger partial charge >= 0.3 is 11.8 Å². The maximum atomic E-state index is 14.1. The molecule has 2 atom stereocenters. The molecule has 10 heteroatoms. The predicted octanol–water partition coefficient (Wildman–Crippen LogP) is 3.21. The Morgan fingerprint density at radius 1 is 1.09 bits per heavy atom. The van der Waals surface area contributed by atoms with Gasteiger partial charge in [0.05, 0.1) is 17.9 Å². The minimum Gasteiger partial charge on any atom is -0.383 e. The summed E-state index contributed by atoms with van der Waals surface area (Å²) >= 11 is 0. The smallest absolute Gasteiger partial charge is 0.313 e. The Morgan fingerprint density at radius 3 is 2.43 bits per heavy atom. The first-order valence-corrected chi connectivity index (χ1v) is 11.7. The molecular weight excluding hydrogens is 456 g/mol. The minimum atomic E-state index is -1.07. The van der Waals surface area contributed by atoms with Crippen molar-refractivity contribution in [2.45, 2.75) is 51.6 Å². The lowest BCUT2D eigenvalue weighted by molar-refractivity contribution is -0.152. The summed E-state index contributed by atoms with van der Waals surface area (Å²) in [5, 5.41) is 2.59. The number of carbonyl (C=O) groups is 3. The summed E-state index contributed by atoms with van der Waals surface area (Å²) in [4.78, 5) is 46.0.